The van der Waals surface area contributed by atoms with E-state index in [4.69, 9.17) is 5.26 Å². The summed E-state index contributed by atoms with van der Waals surface area (Å²) in [6, 6.07) is 8.41. The molecular weight excluding hydrogens is 232 g/mol. The molecule has 0 aliphatic rings. The van der Waals surface area contributed by atoms with E-state index < -0.39 is 24.7 Å². The van der Waals surface area contributed by atoms with E-state index in [1.54, 1.807) is 30.3 Å². The molecule has 0 radical (unpaired) electrons. The maximum Gasteiger partial charge on any atom is 0.240 e. The molecule has 2 amide bonds. The van der Waals surface area contributed by atoms with Crippen LogP contribution >= 0.6 is 0 Å². The van der Waals surface area contributed by atoms with E-state index >= 15 is 0 Å². The zero-order valence-electron chi connectivity index (χ0n) is 9.90. The molecule has 0 spiro atoms. The van der Waals surface area contributed by atoms with Gasteiger partial charge >= 0.3 is 0 Å². The van der Waals surface area contributed by atoms with E-state index in [0.717, 1.165) is 5.56 Å². The van der Waals surface area contributed by atoms with Crippen LogP contribution in [0, 0.1) is 18.3 Å². The number of hydrogen-bond donors (Lipinski definition) is 1. The lowest BCUT2D eigenvalue weighted by molar-refractivity contribution is -0.129. The maximum atomic E-state index is 11.7. The van der Waals surface area contributed by atoms with Gasteiger partial charge in [0.2, 0.25) is 11.8 Å². The normalized spacial score (nSPS) is 9.33. The number of carbonyl (C=O) groups excluding carboxylic acids is 3. The quantitative estimate of drug-likeness (QED) is 0.635. The van der Waals surface area contributed by atoms with E-state index in [2.05, 4.69) is 0 Å². The third-order valence-electron chi connectivity index (χ3n) is 2.21. The van der Waals surface area contributed by atoms with Crippen LogP contribution in [-0.4, -0.2) is 17.6 Å². The van der Waals surface area contributed by atoms with Crippen molar-refractivity contribution in [1.82, 2.24) is 5.32 Å². The van der Waals surface area contributed by atoms with Gasteiger partial charge < -0.3 is 0 Å². The predicted molar refractivity (Wildman–Crippen MR) is 63.5 cm³/mol. The van der Waals surface area contributed by atoms with Crippen LogP contribution in [0.15, 0.2) is 24.3 Å². The molecule has 0 heterocycles. The van der Waals surface area contributed by atoms with E-state index in [-0.39, 0.29) is 5.78 Å². The third-order valence-corrected chi connectivity index (χ3v) is 2.21. The van der Waals surface area contributed by atoms with Crippen molar-refractivity contribution in [2.24, 2.45) is 0 Å². The van der Waals surface area contributed by atoms with E-state index in [9.17, 15) is 14.4 Å². The number of hydrogen-bond acceptors (Lipinski definition) is 4. The van der Waals surface area contributed by atoms with Crippen molar-refractivity contribution in [3.05, 3.63) is 35.4 Å². The minimum absolute atomic E-state index is 0.364. The van der Waals surface area contributed by atoms with E-state index in [1.165, 1.54) is 0 Å². The summed E-state index contributed by atoms with van der Waals surface area (Å²) >= 11 is 0. The van der Waals surface area contributed by atoms with Crippen molar-refractivity contribution in [2.45, 2.75) is 19.8 Å². The van der Waals surface area contributed by atoms with Gasteiger partial charge in [0.05, 0.1) is 12.5 Å². The molecule has 1 aromatic carbocycles. The van der Waals surface area contributed by atoms with Gasteiger partial charge in [0, 0.05) is 5.56 Å². The number of Topliss-reactive ketones (excluding diaryl/α,β-unsaturated/α-hetero) is 1. The van der Waals surface area contributed by atoms with Crippen molar-refractivity contribution < 1.29 is 14.4 Å². The Kier molecular flexibility index (Phi) is 4.76. The second kappa shape index (κ2) is 6.30. The van der Waals surface area contributed by atoms with Crippen LogP contribution in [-0.2, 0) is 9.59 Å². The maximum absolute atomic E-state index is 11.7. The first kappa shape index (κ1) is 13.6. The molecule has 0 unspecified atom stereocenters. The molecule has 5 heteroatoms. The van der Waals surface area contributed by atoms with Gasteiger partial charge in [-0.2, -0.15) is 5.26 Å². The van der Waals surface area contributed by atoms with Crippen molar-refractivity contribution >= 4 is 17.6 Å². The lowest BCUT2D eigenvalue weighted by Gasteiger charge is -2.02. The highest BCUT2D eigenvalue weighted by Crippen LogP contribution is 2.06. The van der Waals surface area contributed by atoms with Crippen LogP contribution in [0.5, 0.6) is 0 Å². The molecule has 0 atom stereocenters. The summed E-state index contributed by atoms with van der Waals surface area (Å²) in [4.78, 5) is 33.9. The number of benzene rings is 1. The second-order valence-electron chi connectivity index (χ2n) is 3.77. The Balaban J connectivity index is 2.55. The first-order chi connectivity index (χ1) is 8.52. The molecule has 0 saturated carbocycles. The van der Waals surface area contributed by atoms with Gasteiger partial charge in [0.15, 0.2) is 5.78 Å². The van der Waals surface area contributed by atoms with Crippen LogP contribution in [0.2, 0.25) is 0 Å². The lowest BCUT2D eigenvalue weighted by atomic mass is 10.1. The summed E-state index contributed by atoms with van der Waals surface area (Å²) in [6.45, 7) is 1.89. The first-order valence-corrected chi connectivity index (χ1v) is 5.32. The third kappa shape index (κ3) is 4.18. The molecule has 92 valence electrons. The van der Waals surface area contributed by atoms with Gasteiger partial charge in [-0.15, -0.1) is 0 Å². The Morgan fingerprint density at radius 2 is 1.78 bits per heavy atom. The number of nitriles is 1. The molecule has 0 aromatic heterocycles. The topological polar surface area (TPSA) is 87.0 Å². The second-order valence-corrected chi connectivity index (χ2v) is 3.77. The number of nitrogens with zero attached hydrogens (tertiary/aromatic N) is 1. The highest BCUT2D eigenvalue weighted by atomic mass is 16.2. The minimum atomic E-state index is -0.695. The van der Waals surface area contributed by atoms with Gasteiger partial charge in [-0.05, 0) is 6.92 Å². The van der Waals surface area contributed by atoms with Crippen LogP contribution < -0.4 is 5.32 Å². The molecule has 1 aromatic rings. The van der Waals surface area contributed by atoms with Gasteiger partial charge in [0.25, 0.3) is 0 Å². The Morgan fingerprint density at radius 1 is 1.17 bits per heavy atom. The lowest BCUT2D eigenvalue weighted by Crippen LogP contribution is -2.31. The van der Waals surface area contributed by atoms with Crippen molar-refractivity contribution in [3.8, 4) is 6.07 Å². The average Bonchev–Trinajstić information content (AvgIpc) is 2.29. The number of nitrogens with one attached hydrogen (secondary N) is 1. The fourth-order valence-electron chi connectivity index (χ4n) is 1.30. The van der Waals surface area contributed by atoms with E-state index in [0.29, 0.717) is 5.56 Å². The van der Waals surface area contributed by atoms with Gasteiger partial charge in [0.1, 0.15) is 6.42 Å². The highest BCUT2D eigenvalue weighted by Gasteiger charge is 2.13. The average molecular weight is 244 g/mol. The zero-order valence-corrected chi connectivity index (χ0v) is 9.90. The highest BCUT2D eigenvalue weighted by molar-refractivity contribution is 6.10. The molecule has 5 nitrogen and oxygen atoms in total. The standard InChI is InChI=1S/C13H12N2O3/c1-9-2-4-10(5-3-9)11(16)8-13(18)15-12(17)6-7-14/h2-5H,6,8H2,1H3,(H,15,17,18). The van der Waals surface area contributed by atoms with Crippen LogP contribution in [0.3, 0.4) is 0 Å². The summed E-state index contributed by atoms with van der Waals surface area (Å²) in [5.74, 6) is -1.75. The predicted octanol–water partition coefficient (Wildman–Crippen LogP) is 1.12. The zero-order chi connectivity index (χ0) is 13.5. The van der Waals surface area contributed by atoms with Crippen LogP contribution in [0.4, 0.5) is 0 Å². The Bertz CT molecular complexity index is 512. The molecule has 0 saturated heterocycles. The number of imide groups is 1. The van der Waals surface area contributed by atoms with Crippen molar-refractivity contribution in [1.29, 1.82) is 5.26 Å². The molecule has 0 fully saturated rings. The molecule has 0 bridgehead atoms. The van der Waals surface area contributed by atoms with Crippen molar-refractivity contribution in [3.63, 3.8) is 0 Å². The Morgan fingerprint density at radius 3 is 2.33 bits per heavy atom. The van der Waals surface area contributed by atoms with Crippen molar-refractivity contribution in [2.75, 3.05) is 0 Å². The van der Waals surface area contributed by atoms with Crippen LogP contribution in [0.25, 0.3) is 0 Å². The minimum Gasteiger partial charge on any atom is -0.295 e. The fourth-order valence-corrected chi connectivity index (χ4v) is 1.30. The number of aryl methyl sites for hydroxylation is 1. The molecule has 0 aliphatic heterocycles. The molecule has 0 aliphatic carbocycles. The summed E-state index contributed by atoms with van der Waals surface area (Å²) in [7, 11) is 0. The van der Waals surface area contributed by atoms with Gasteiger partial charge in [-0.3, -0.25) is 19.7 Å². The first-order valence-electron chi connectivity index (χ1n) is 5.32. The summed E-state index contributed by atoms with van der Waals surface area (Å²) in [5.41, 5.74) is 1.43. The smallest absolute Gasteiger partial charge is 0.240 e. The number of amides is 2. The Hall–Kier alpha value is -2.48. The van der Waals surface area contributed by atoms with E-state index in [1.807, 2.05) is 12.2 Å². The summed E-state index contributed by atoms with van der Waals surface area (Å²) in [6.07, 6.45) is -0.801. The number of rotatable bonds is 4. The number of carbonyl (C=O) groups is 3. The SMILES string of the molecule is Cc1ccc(C(=O)CC(=O)NC(=O)CC#N)cc1. The summed E-state index contributed by atoms with van der Waals surface area (Å²) in [5, 5.41) is 10.2. The monoisotopic (exact) mass is 244 g/mol. The number of ketones is 1. The van der Waals surface area contributed by atoms with Crippen LogP contribution in [0.1, 0.15) is 28.8 Å². The fraction of sp³-hybridized carbons (Fsp3) is 0.231. The summed E-state index contributed by atoms with van der Waals surface area (Å²) < 4.78 is 0. The van der Waals surface area contributed by atoms with Gasteiger partial charge in [-0.25, -0.2) is 0 Å². The van der Waals surface area contributed by atoms with Gasteiger partial charge in [-0.1, -0.05) is 29.8 Å². The molecule has 1 N–H and O–H groups in total. The Labute approximate surface area is 104 Å². The molecule has 1 rings (SSSR count). The molecular formula is C13H12N2O3. The largest absolute Gasteiger partial charge is 0.295 e. The molecule has 18 heavy (non-hydrogen) atoms.